The molecule has 1 N–H and O–H groups in total. The molecular weight excluding hydrogens is 499 g/mol. The smallest absolute Gasteiger partial charge is 0.309 e. The molecule has 0 bridgehead atoms. The molecule has 0 radical (unpaired) electrons. The fourth-order valence-corrected chi connectivity index (χ4v) is 6.67. The fourth-order valence-electron chi connectivity index (χ4n) is 5.40. The van der Waals surface area contributed by atoms with Gasteiger partial charge in [-0.25, -0.2) is 0 Å². The number of furan rings is 1. The summed E-state index contributed by atoms with van der Waals surface area (Å²) in [5.41, 5.74) is 3.49. The van der Waals surface area contributed by atoms with Gasteiger partial charge in [0.1, 0.15) is 11.2 Å². The van der Waals surface area contributed by atoms with Crippen LogP contribution < -0.4 is 5.46 Å². The van der Waals surface area contributed by atoms with Crippen LogP contribution in [0.4, 0.5) is 0 Å². The third kappa shape index (κ3) is 3.88. The van der Waals surface area contributed by atoms with Gasteiger partial charge in [-0.15, -0.1) is 11.3 Å². The highest BCUT2D eigenvalue weighted by Gasteiger charge is 2.35. The average molecular weight is 528 g/mol. The van der Waals surface area contributed by atoms with Gasteiger partial charge >= 0.3 is 7.48 Å². The molecule has 5 heteroatoms. The van der Waals surface area contributed by atoms with Gasteiger partial charge in [-0.05, 0) is 73.3 Å². The maximum atomic E-state index is 10.5. The molecule has 192 valence electrons. The zero-order valence-corrected chi connectivity index (χ0v) is 23.4. The van der Waals surface area contributed by atoms with Crippen LogP contribution in [0.2, 0.25) is 0 Å². The lowest BCUT2D eigenvalue weighted by Crippen LogP contribution is -2.49. The van der Waals surface area contributed by atoms with Gasteiger partial charge in [0.05, 0.1) is 11.2 Å². The Morgan fingerprint density at radius 2 is 1.46 bits per heavy atom. The van der Waals surface area contributed by atoms with Crippen molar-refractivity contribution < 1.29 is 14.2 Å². The Balaban J connectivity index is 1.39. The molecule has 0 aliphatic carbocycles. The largest absolute Gasteiger partial charge is 0.456 e. The Labute approximate surface area is 231 Å². The van der Waals surface area contributed by atoms with E-state index in [1.165, 1.54) is 42.1 Å². The predicted molar refractivity (Wildman–Crippen MR) is 168 cm³/mol. The number of aliphatic hydroxyl groups is 1. The molecule has 7 rings (SSSR count). The Morgan fingerprint density at radius 1 is 0.718 bits per heavy atom. The molecule has 0 saturated heterocycles. The molecule has 7 aromatic rings. The van der Waals surface area contributed by atoms with Gasteiger partial charge in [-0.1, -0.05) is 72.8 Å². The summed E-state index contributed by atoms with van der Waals surface area (Å²) in [4.78, 5) is 0. The van der Waals surface area contributed by atoms with Crippen LogP contribution >= 0.6 is 11.3 Å². The predicted octanol–water partition coefficient (Wildman–Crippen LogP) is 8.32. The molecule has 0 atom stereocenters. The normalized spacial score (nSPS) is 12.8. The summed E-state index contributed by atoms with van der Waals surface area (Å²) in [6.45, 7) is 7.38. The van der Waals surface area contributed by atoms with E-state index in [-0.39, 0.29) is 0 Å². The number of thiophene rings is 1. The van der Waals surface area contributed by atoms with E-state index >= 15 is 0 Å². The lowest BCUT2D eigenvalue weighted by atomic mass is 9.82. The molecule has 0 amide bonds. The van der Waals surface area contributed by atoms with Gasteiger partial charge in [0, 0.05) is 30.9 Å². The van der Waals surface area contributed by atoms with E-state index in [1.54, 1.807) is 13.8 Å². The summed E-state index contributed by atoms with van der Waals surface area (Å²) < 4.78 is 15.1. The lowest BCUT2D eigenvalue weighted by molar-refractivity contribution is -0.0893. The summed E-state index contributed by atoms with van der Waals surface area (Å²) in [5.74, 6) is 0. The first-order valence-electron chi connectivity index (χ1n) is 13.4. The molecule has 0 saturated carbocycles. The van der Waals surface area contributed by atoms with Crippen LogP contribution in [0.5, 0.6) is 0 Å². The van der Waals surface area contributed by atoms with Crippen molar-refractivity contribution in [3.63, 3.8) is 0 Å². The van der Waals surface area contributed by atoms with E-state index in [2.05, 4.69) is 84.9 Å². The summed E-state index contributed by atoms with van der Waals surface area (Å²) in [6.07, 6.45) is 0. The van der Waals surface area contributed by atoms with E-state index in [0.717, 1.165) is 27.4 Å². The quantitative estimate of drug-likeness (QED) is 0.229. The van der Waals surface area contributed by atoms with E-state index in [0.29, 0.717) is 7.48 Å². The number of hydrogen-bond acceptors (Lipinski definition) is 4. The molecule has 0 aliphatic rings. The van der Waals surface area contributed by atoms with Gasteiger partial charge in [0.2, 0.25) is 0 Å². The summed E-state index contributed by atoms with van der Waals surface area (Å²) in [7, 11) is 0.394. The van der Waals surface area contributed by atoms with Crippen molar-refractivity contribution in [2.45, 2.75) is 38.9 Å². The Kier molecular flexibility index (Phi) is 5.44. The molecule has 3 nitrogen and oxygen atoms in total. The van der Waals surface area contributed by atoms with Crippen LogP contribution in [0.3, 0.4) is 0 Å². The van der Waals surface area contributed by atoms with Crippen LogP contribution in [0.1, 0.15) is 27.7 Å². The second-order valence-corrected chi connectivity index (χ2v) is 12.5. The summed E-state index contributed by atoms with van der Waals surface area (Å²) >= 11 is 1.87. The molecule has 2 aromatic heterocycles. The maximum Gasteiger partial charge on any atom is 0.309 e. The summed E-state index contributed by atoms with van der Waals surface area (Å²) in [5, 5.41) is 17.8. The zero-order chi connectivity index (χ0) is 26.9. The van der Waals surface area contributed by atoms with E-state index in [9.17, 15) is 5.11 Å². The molecule has 39 heavy (non-hydrogen) atoms. The minimum atomic E-state index is -0.954. The monoisotopic (exact) mass is 528 g/mol. The highest BCUT2D eigenvalue weighted by Crippen LogP contribution is 2.45. The molecule has 0 fully saturated rings. The van der Waals surface area contributed by atoms with Crippen LogP contribution in [-0.4, -0.2) is 23.8 Å². The Morgan fingerprint density at radius 3 is 2.28 bits per heavy atom. The van der Waals surface area contributed by atoms with Crippen LogP contribution in [0.25, 0.3) is 64.0 Å². The minimum absolute atomic E-state index is 0.394. The molecule has 0 aliphatic heterocycles. The first-order valence-corrected chi connectivity index (χ1v) is 14.2. The van der Waals surface area contributed by atoms with E-state index in [4.69, 9.17) is 9.07 Å². The van der Waals surface area contributed by atoms with Crippen molar-refractivity contribution in [2.75, 3.05) is 0 Å². The van der Waals surface area contributed by atoms with Crippen molar-refractivity contribution in [1.82, 2.24) is 0 Å². The van der Waals surface area contributed by atoms with Gasteiger partial charge in [0.15, 0.2) is 0 Å². The van der Waals surface area contributed by atoms with Crippen molar-refractivity contribution in [2.24, 2.45) is 0 Å². The second kappa shape index (κ2) is 8.69. The van der Waals surface area contributed by atoms with Crippen molar-refractivity contribution in [1.29, 1.82) is 0 Å². The van der Waals surface area contributed by atoms with Crippen LogP contribution in [-0.2, 0) is 4.65 Å². The number of hydrogen-bond donors (Lipinski definition) is 1. The molecule has 2 heterocycles. The Bertz CT molecular complexity index is 2040. The maximum absolute atomic E-state index is 10.5. The molecule has 0 unspecified atom stereocenters. The van der Waals surface area contributed by atoms with Crippen molar-refractivity contribution in [3.05, 3.63) is 91.0 Å². The zero-order valence-electron chi connectivity index (χ0n) is 22.5. The number of benzene rings is 5. The van der Waals surface area contributed by atoms with E-state index in [1.807, 2.05) is 31.3 Å². The first kappa shape index (κ1) is 24.4. The van der Waals surface area contributed by atoms with E-state index < -0.39 is 11.2 Å². The molecule has 0 spiro atoms. The second-order valence-electron chi connectivity index (χ2n) is 11.4. The average Bonchev–Trinajstić information content (AvgIpc) is 3.49. The lowest BCUT2D eigenvalue weighted by Gasteiger charge is -2.37. The van der Waals surface area contributed by atoms with Crippen LogP contribution in [0, 0.1) is 0 Å². The van der Waals surface area contributed by atoms with Gasteiger partial charge in [0.25, 0.3) is 0 Å². The SMILES string of the molecule is CC(C)(O)C(C)(C)OBc1ccc2c(c1)oc1cccc(-c3cccc4sc5c6ccccc6ccc5c34)c12. The minimum Gasteiger partial charge on any atom is -0.456 e. The highest BCUT2D eigenvalue weighted by atomic mass is 32.1. The van der Waals surface area contributed by atoms with Gasteiger partial charge in [-0.3, -0.25) is 0 Å². The molecule has 5 aromatic carbocycles. The first-order chi connectivity index (χ1) is 18.7. The topological polar surface area (TPSA) is 42.6 Å². The number of fused-ring (bicyclic) bond motifs is 8. The Hall–Kier alpha value is -3.64. The number of rotatable bonds is 5. The van der Waals surface area contributed by atoms with Crippen LogP contribution in [0.15, 0.2) is 95.4 Å². The summed E-state index contributed by atoms with van der Waals surface area (Å²) in [6, 6.07) is 32.4. The van der Waals surface area contributed by atoms with Gasteiger partial charge in [-0.2, -0.15) is 0 Å². The molecular formula is C34H29BO3S. The standard InChI is InChI=1S/C34H29BO3S/c1-33(2,36)34(3,4)38-35-21-16-18-25-28(19-21)37-27-13-7-11-23(30(25)27)24-12-8-14-29-31(24)26-17-15-20-9-5-6-10-22(20)32(26)39-29/h5-19,35-36H,1-4H3. The third-order valence-corrected chi connectivity index (χ3v) is 9.52. The van der Waals surface area contributed by atoms with Crippen molar-refractivity contribution >= 4 is 77.2 Å². The highest BCUT2D eigenvalue weighted by molar-refractivity contribution is 7.26. The third-order valence-electron chi connectivity index (χ3n) is 8.31. The van der Waals surface area contributed by atoms with Crippen molar-refractivity contribution in [3.8, 4) is 11.1 Å². The van der Waals surface area contributed by atoms with Gasteiger partial charge < -0.3 is 14.2 Å². The fraction of sp³-hybridized carbons (Fsp3) is 0.176.